The van der Waals surface area contributed by atoms with E-state index in [1.54, 1.807) is 13.2 Å². The molecule has 1 amide bonds. The highest BCUT2D eigenvalue weighted by atomic mass is 35.5. The molecule has 0 radical (unpaired) electrons. The molecule has 0 unspecified atom stereocenters. The zero-order chi connectivity index (χ0) is 14.5. The van der Waals surface area contributed by atoms with E-state index in [0.717, 1.165) is 6.42 Å². The number of aromatic hydroxyl groups is 1. The van der Waals surface area contributed by atoms with Crippen molar-refractivity contribution in [2.75, 3.05) is 20.3 Å². The molecule has 1 aromatic carbocycles. The van der Waals surface area contributed by atoms with Crippen LogP contribution >= 0.6 is 11.6 Å². The van der Waals surface area contributed by atoms with Crippen LogP contribution in [0.4, 0.5) is 0 Å². The van der Waals surface area contributed by atoms with Gasteiger partial charge in [-0.15, -0.1) is 0 Å². The molecule has 0 aliphatic rings. The lowest BCUT2D eigenvalue weighted by atomic mass is 9.89. The Balaban J connectivity index is 2.57. The predicted octanol–water partition coefficient (Wildman–Crippen LogP) is 2.84. The second-order valence-electron chi connectivity index (χ2n) is 5.26. The van der Waals surface area contributed by atoms with Gasteiger partial charge in [-0.3, -0.25) is 4.79 Å². The quantitative estimate of drug-likeness (QED) is 0.845. The van der Waals surface area contributed by atoms with E-state index in [1.165, 1.54) is 12.1 Å². The predicted molar refractivity (Wildman–Crippen MR) is 75.7 cm³/mol. The number of carbonyl (C=O) groups excluding carboxylic acids is 1. The summed E-state index contributed by atoms with van der Waals surface area (Å²) in [5.41, 5.74) is 0.400. The molecule has 4 nitrogen and oxygen atoms in total. The van der Waals surface area contributed by atoms with Crippen LogP contribution in [0.1, 0.15) is 30.6 Å². The molecule has 1 rings (SSSR count). The number of benzene rings is 1. The van der Waals surface area contributed by atoms with E-state index in [-0.39, 0.29) is 22.1 Å². The summed E-state index contributed by atoms with van der Waals surface area (Å²) in [4.78, 5) is 11.9. The topological polar surface area (TPSA) is 58.6 Å². The van der Waals surface area contributed by atoms with E-state index in [9.17, 15) is 9.90 Å². The first-order valence-corrected chi connectivity index (χ1v) is 6.49. The van der Waals surface area contributed by atoms with E-state index in [2.05, 4.69) is 19.2 Å². The third-order valence-corrected chi connectivity index (χ3v) is 3.22. The number of carbonyl (C=O) groups is 1. The highest BCUT2D eigenvalue weighted by Gasteiger charge is 2.19. The number of methoxy groups -OCH3 is 1. The van der Waals surface area contributed by atoms with Crippen LogP contribution < -0.4 is 5.32 Å². The first-order chi connectivity index (χ1) is 8.85. The Hall–Kier alpha value is -1.26. The average molecular weight is 286 g/mol. The van der Waals surface area contributed by atoms with Crippen LogP contribution in [0.3, 0.4) is 0 Å². The smallest absolute Gasteiger partial charge is 0.251 e. The highest BCUT2D eigenvalue weighted by Crippen LogP contribution is 2.24. The zero-order valence-electron chi connectivity index (χ0n) is 11.5. The maximum atomic E-state index is 11.9. The molecule has 2 N–H and O–H groups in total. The van der Waals surface area contributed by atoms with Gasteiger partial charge >= 0.3 is 0 Å². The minimum atomic E-state index is -0.201. The number of rotatable bonds is 6. The molecule has 106 valence electrons. The number of hydrogen-bond donors (Lipinski definition) is 2. The van der Waals surface area contributed by atoms with Crippen molar-refractivity contribution in [1.82, 2.24) is 5.32 Å². The molecular formula is C14H20ClNO3. The largest absolute Gasteiger partial charge is 0.506 e. The summed E-state index contributed by atoms with van der Waals surface area (Å²) >= 11 is 5.77. The second kappa shape index (κ2) is 6.78. The lowest BCUT2D eigenvalue weighted by Crippen LogP contribution is -2.34. The van der Waals surface area contributed by atoms with Crippen molar-refractivity contribution in [3.8, 4) is 5.75 Å². The monoisotopic (exact) mass is 285 g/mol. The van der Waals surface area contributed by atoms with Crippen molar-refractivity contribution in [3.63, 3.8) is 0 Å². The van der Waals surface area contributed by atoms with E-state index < -0.39 is 0 Å². The number of ether oxygens (including phenoxy) is 1. The van der Waals surface area contributed by atoms with Gasteiger partial charge < -0.3 is 15.2 Å². The second-order valence-corrected chi connectivity index (χ2v) is 5.66. The minimum Gasteiger partial charge on any atom is -0.506 e. The molecular weight excluding hydrogens is 266 g/mol. The van der Waals surface area contributed by atoms with Gasteiger partial charge in [0.25, 0.3) is 5.91 Å². The van der Waals surface area contributed by atoms with Crippen molar-refractivity contribution in [3.05, 3.63) is 28.8 Å². The lowest BCUT2D eigenvalue weighted by Gasteiger charge is -2.24. The maximum absolute atomic E-state index is 11.9. The number of phenolic OH excluding ortho intramolecular Hbond substituents is 1. The van der Waals surface area contributed by atoms with Crippen LogP contribution in [0.15, 0.2) is 18.2 Å². The Kier molecular flexibility index (Phi) is 5.63. The summed E-state index contributed by atoms with van der Waals surface area (Å²) in [5.74, 6) is -0.231. The van der Waals surface area contributed by atoms with Crippen LogP contribution in [0.25, 0.3) is 0 Å². The Labute approximate surface area is 118 Å². The number of phenols is 1. The Morgan fingerprint density at radius 1 is 1.47 bits per heavy atom. The molecule has 0 fully saturated rings. The molecule has 0 bridgehead atoms. The summed E-state index contributed by atoms with van der Waals surface area (Å²) < 4.78 is 5.04. The van der Waals surface area contributed by atoms with Crippen LogP contribution in [0, 0.1) is 5.41 Å². The van der Waals surface area contributed by atoms with E-state index in [0.29, 0.717) is 18.7 Å². The number of nitrogens with one attached hydrogen (secondary N) is 1. The Morgan fingerprint density at radius 2 is 2.16 bits per heavy atom. The average Bonchev–Trinajstić information content (AvgIpc) is 2.37. The molecule has 0 aliphatic carbocycles. The summed E-state index contributed by atoms with van der Waals surface area (Å²) in [6.07, 6.45) is 0.861. The van der Waals surface area contributed by atoms with Crippen molar-refractivity contribution in [2.24, 2.45) is 5.41 Å². The van der Waals surface area contributed by atoms with Gasteiger partial charge in [-0.2, -0.15) is 0 Å². The van der Waals surface area contributed by atoms with Crippen molar-refractivity contribution >= 4 is 17.5 Å². The van der Waals surface area contributed by atoms with Gasteiger partial charge in [0.2, 0.25) is 0 Å². The highest BCUT2D eigenvalue weighted by molar-refractivity contribution is 6.32. The fourth-order valence-corrected chi connectivity index (χ4v) is 1.72. The van der Waals surface area contributed by atoms with Crippen molar-refractivity contribution < 1.29 is 14.6 Å². The number of amides is 1. The van der Waals surface area contributed by atoms with Gasteiger partial charge in [0.15, 0.2) is 0 Å². The van der Waals surface area contributed by atoms with Crippen molar-refractivity contribution in [2.45, 2.75) is 20.3 Å². The van der Waals surface area contributed by atoms with Gasteiger partial charge in [-0.05, 0) is 30.0 Å². The molecule has 0 spiro atoms. The summed E-state index contributed by atoms with van der Waals surface area (Å²) in [5, 5.41) is 12.3. The minimum absolute atomic E-state index is 0.0290. The van der Waals surface area contributed by atoms with E-state index in [1.807, 2.05) is 0 Å². The zero-order valence-corrected chi connectivity index (χ0v) is 12.3. The van der Waals surface area contributed by atoms with Gasteiger partial charge in [-0.1, -0.05) is 25.4 Å². The molecule has 1 aromatic rings. The lowest BCUT2D eigenvalue weighted by molar-refractivity contribution is 0.0921. The van der Waals surface area contributed by atoms with E-state index >= 15 is 0 Å². The van der Waals surface area contributed by atoms with Crippen LogP contribution in [0.2, 0.25) is 5.02 Å². The molecule has 0 saturated heterocycles. The Morgan fingerprint density at radius 3 is 2.74 bits per heavy atom. The maximum Gasteiger partial charge on any atom is 0.251 e. The molecule has 0 atom stereocenters. The molecule has 19 heavy (non-hydrogen) atoms. The van der Waals surface area contributed by atoms with Crippen LogP contribution in [0.5, 0.6) is 5.75 Å². The first kappa shape index (κ1) is 15.8. The molecule has 0 aromatic heterocycles. The SMILES string of the molecule is COCCC(C)(C)CNC(=O)c1ccc(O)c(Cl)c1. The van der Waals surface area contributed by atoms with Gasteiger partial charge in [0.1, 0.15) is 5.75 Å². The molecule has 0 heterocycles. The summed E-state index contributed by atoms with van der Waals surface area (Å²) in [7, 11) is 1.66. The normalized spacial score (nSPS) is 11.4. The van der Waals surface area contributed by atoms with Crippen LogP contribution in [-0.2, 0) is 4.74 Å². The molecule has 0 saturated carbocycles. The third-order valence-electron chi connectivity index (χ3n) is 2.92. The Bertz CT molecular complexity index is 446. The van der Waals surface area contributed by atoms with Gasteiger partial charge in [0.05, 0.1) is 5.02 Å². The molecule has 5 heteroatoms. The summed E-state index contributed by atoms with van der Waals surface area (Å²) in [6, 6.07) is 4.40. The fraction of sp³-hybridized carbons (Fsp3) is 0.500. The first-order valence-electron chi connectivity index (χ1n) is 6.11. The molecule has 0 aliphatic heterocycles. The number of hydrogen-bond acceptors (Lipinski definition) is 3. The van der Waals surface area contributed by atoms with E-state index in [4.69, 9.17) is 16.3 Å². The van der Waals surface area contributed by atoms with Gasteiger partial charge in [0, 0.05) is 25.8 Å². The van der Waals surface area contributed by atoms with Gasteiger partial charge in [-0.25, -0.2) is 0 Å². The standard InChI is InChI=1S/C14H20ClNO3/c1-14(2,6-7-19-3)9-16-13(18)10-4-5-12(17)11(15)8-10/h4-5,8,17H,6-7,9H2,1-3H3,(H,16,18). The van der Waals surface area contributed by atoms with Crippen LogP contribution in [-0.4, -0.2) is 31.3 Å². The number of halogens is 1. The summed E-state index contributed by atoms with van der Waals surface area (Å²) in [6.45, 7) is 5.34. The van der Waals surface area contributed by atoms with Crippen molar-refractivity contribution in [1.29, 1.82) is 0 Å². The third kappa shape index (κ3) is 5.09. The fourth-order valence-electron chi connectivity index (χ4n) is 1.54.